The van der Waals surface area contributed by atoms with Crippen LogP contribution in [0.15, 0.2) is 60.2 Å². The molecule has 1 N–H and O–H groups in total. The van der Waals surface area contributed by atoms with E-state index in [9.17, 15) is 4.79 Å². The van der Waals surface area contributed by atoms with Crippen molar-refractivity contribution in [3.63, 3.8) is 0 Å². The van der Waals surface area contributed by atoms with Gasteiger partial charge in [-0.05, 0) is 41.8 Å². The molecule has 0 aliphatic carbocycles. The Morgan fingerprint density at radius 3 is 2.69 bits per heavy atom. The Balaban J connectivity index is 1.50. The van der Waals surface area contributed by atoms with Crippen molar-refractivity contribution in [2.75, 3.05) is 20.2 Å². The van der Waals surface area contributed by atoms with E-state index in [1.54, 1.807) is 7.11 Å². The third kappa shape index (κ3) is 5.10. The molecule has 136 valence electrons. The van der Waals surface area contributed by atoms with Gasteiger partial charge in [-0.2, -0.15) is 0 Å². The molecule has 4 nitrogen and oxygen atoms in total. The zero-order valence-electron chi connectivity index (χ0n) is 14.9. The molecule has 0 bridgehead atoms. The first kappa shape index (κ1) is 18.5. The van der Waals surface area contributed by atoms with Crippen LogP contribution in [0.25, 0.3) is 0 Å². The monoisotopic (exact) mass is 370 g/mol. The number of hydrogen-bond acceptors (Lipinski definition) is 3. The van der Waals surface area contributed by atoms with E-state index >= 15 is 0 Å². The predicted octanol–water partition coefficient (Wildman–Crippen LogP) is 3.80. The summed E-state index contributed by atoms with van der Waals surface area (Å²) in [6, 6.07) is 15.6. The molecule has 5 heteroatoms. The number of benzene rings is 2. The predicted molar refractivity (Wildman–Crippen MR) is 104 cm³/mol. The minimum absolute atomic E-state index is 0.0148. The van der Waals surface area contributed by atoms with Crippen LogP contribution >= 0.6 is 11.6 Å². The van der Waals surface area contributed by atoms with Gasteiger partial charge in [0.2, 0.25) is 5.91 Å². The Morgan fingerprint density at radius 2 is 2.00 bits per heavy atom. The standard InChI is InChI=1S/C21H23ClN2O2/c1-26-20-4-2-3-17(13-20)15-24-11-9-18(10-12-24)21(25)23-14-16-5-7-19(22)8-6-16/h2-9,13H,10-12,14-15H2,1H3,(H,23,25). The molecule has 0 spiro atoms. The van der Waals surface area contributed by atoms with E-state index in [0.29, 0.717) is 11.6 Å². The van der Waals surface area contributed by atoms with Crippen LogP contribution in [-0.2, 0) is 17.9 Å². The summed E-state index contributed by atoms with van der Waals surface area (Å²) in [7, 11) is 1.68. The molecule has 26 heavy (non-hydrogen) atoms. The van der Waals surface area contributed by atoms with Crippen molar-refractivity contribution >= 4 is 17.5 Å². The highest BCUT2D eigenvalue weighted by Gasteiger charge is 2.17. The van der Waals surface area contributed by atoms with Gasteiger partial charge < -0.3 is 10.1 Å². The number of carbonyl (C=O) groups excluding carboxylic acids is 1. The highest BCUT2D eigenvalue weighted by Crippen LogP contribution is 2.18. The summed E-state index contributed by atoms with van der Waals surface area (Å²) >= 11 is 5.88. The lowest BCUT2D eigenvalue weighted by Gasteiger charge is -2.26. The summed E-state index contributed by atoms with van der Waals surface area (Å²) in [5.74, 6) is 0.887. The van der Waals surface area contributed by atoms with Crippen molar-refractivity contribution in [2.45, 2.75) is 19.5 Å². The Morgan fingerprint density at radius 1 is 1.19 bits per heavy atom. The molecule has 0 aromatic heterocycles. The van der Waals surface area contributed by atoms with Crippen LogP contribution < -0.4 is 10.1 Å². The lowest BCUT2D eigenvalue weighted by molar-refractivity contribution is -0.117. The number of nitrogens with zero attached hydrogens (tertiary/aromatic N) is 1. The molecule has 3 rings (SSSR count). The largest absolute Gasteiger partial charge is 0.497 e. The summed E-state index contributed by atoms with van der Waals surface area (Å²) in [5, 5.41) is 3.68. The lowest BCUT2D eigenvalue weighted by Crippen LogP contribution is -2.33. The summed E-state index contributed by atoms with van der Waals surface area (Å²) < 4.78 is 5.27. The number of rotatable bonds is 6. The second-order valence-electron chi connectivity index (χ2n) is 6.38. The number of ether oxygens (including phenoxy) is 1. The quantitative estimate of drug-likeness (QED) is 0.841. The van der Waals surface area contributed by atoms with Gasteiger partial charge in [0.15, 0.2) is 0 Å². The highest BCUT2D eigenvalue weighted by atomic mass is 35.5. The molecule has 0 fully saturated rings. The maximum atomic E-state index is 12.3. The molecule has 2 aromatic carbocycles. The molecule has 1 aliphatic heterocycles. The van der Waals surface area contributed by atoms with Gasteiger partial charge in [-0.25, -0.2) is 0 Å². The number of methoxy groups -OCH3 is 1. The molecule has 1 amide bonds. The SMILES string of the molecule is COc1cccc(CN2CC=C(C(=O)NCc3ccc(Cl)cc3)CC2)c1. The molecule has 1 aliphatic rings. The first-order chi connectivity index (χ1) is 12.6. The topological polar surface area (TPSA) is 41.6 Å². The molecular formula is C21H23ClN2O2. The van der Waals surface area contributed by atoms with E-state index in [2.05, 4.69) is 22.3 Å². The Hall–Kier alpha value is -2.30. The second-order valence-corrected chi connectivity index (χ2v) is 6.81. The first-order valence-electron chi connectivity index (χ1n) is 8.71. The van der Waals surface area contributed by atoms with E-state index in [4.69, 9.17) is 16.3 Å². The minimum atomic E-state index is 0.0148. The number of carbonyl (C=O) groups is 1. The van der Waals surface area contributed by atoms with Gasteiger partial charge in [-0.15, -0.1) is 0 Å². The van der Waals surface area contributed by atoms with E-state index in [1.807, 2.05) is 42.5 Å². The second kappa shape index (κ2) is 8.88. The van der Waals surface area contributed by atoms with Crippen molar-refractivity contribution in [1.29, 1.82) is 0 Å². The van der Waals surface area contributed by atoms with Gasteiger partial charge in [-0.3, -0.25) is 9.69 Å². The number of amides is 1. The molecular weight excluding hydrogens is 348 g/mol. The molecule has 2 aromatic rings. The third-order valence-corrected chi connectivity index (χ3v) is 4.74. The number of halogens is 1. The molecule has 0 saturated carbocycles. The fourth-order valence-corrected chi connectivity index (χ4v) is 3.11. The van der Waals surface area contributed by atoms with Crippen molar-refractivity contribution in [2.24, 2.45) is 0 Å². The Kier molecular flexibility index (Phi) is 6.31. The van der Waals surface area contributed by atoms with Crippen molar-refractivity contribution in [1.82, 2.24) is 10.2 Å². The fourth-order valence-electron chi connectivity index (χ4n) is 2.99. The van der Waals surface area contributed by atoms with Gasteiger partial charge in [-0.1, -0.05) is 41.9 Å². The van der Waals surface area contributed by atoms with Gasteiger partial charge in [0.1, 0.15) is 5.75 Å². The summed E-state index contributed by atoms with van der Waals surface area (Å²) in [6.45, 7) is 3.02. The van der Waals surface area contributed by atoms with Gasteiger partial charge in [0, 0.05) is 36.8 Å². The van der Waals surface area contributed by atoms with Crippen LogP contribution in [-0.4, -0.2) is 31.0 Å². The lowest BCUT2D eigenvalue weighted by atomic mass is 10.1. The van der Waals surface area contributed by atoms with E-state index in [1.165, 1.54) is 5.56 Å². The summed E-state index contributed by atoms with van der Waals surface area (Å²) in [6.07, 6.45) is 2.79. The maximum Gasteiger partial charge on any atom is 0.247 e. The van der Waals surface area contributed by atoms with Gasteiger partial charge in [0.25, 0.3) is 0 Å². The summed E-state index contributed by atoms with van der Waals surface area (Å²) in [4.78, 5) is 14.7. The van der Waals surface area contributed by atoms with Crippen LogP contribution in [0.3, 0.4) is 0 Å². The maximum absolute atomic E-state index is 12.3. The van der Waals surface area contributed by atoms with Crippen molar-refractivity contribution < 1.29 is 9.53 Å². The average Bonchev–Trinajstić information content (AvgIpc) is 2.68. The molecule has 0 saturated heterocycles. The Bertz CT molecular complexity index is 787. The molecule has 1 heterocycles. The van der Waals surface area contributed by atoms with Crippen molar-refractivity contribution in [3.8, 4) is 5.75 Å². The molecule has 0 atom stereocenters. The third-order valence-electron chi connectivity index (χ3n) is 4.49. The number of hydrogen-bond donors (Lipinski definition) is 1. The normalized spacial score (nSPS) is 14.6. The number of nitrogens with one attached hydrogen (secondary N) is 1. The Labute approximate surface area is 159 Å². The smallest absolute Gasteiger partial charge is 0.247 e. The van der Waals surface area contributed by atoms with E-state index in [0.717, 1.165) is 42.9 Å². The minimum Gasteiger partial charge on any atom is -0.497 e. The fraction of sp³-hybridized carbons (Fsp3) is 0.286. The average molecular weight is 371 g/mol. The zero-order chi connectivity index (χ0) is 18.4. The summed E-state index contributed by atoms with van der Waals surface area (Å²) in [5.41, 5.74) is 3.12. The van der Waals surface area contributed by atoms with Crippen LogP contribution in [0.2, 0.25) is 5.02 Å². The molecule has 0 radical (unpaired) electrons. The molecule has 0 unspecified atom stereocenters. The first-order valence-corrected chi connectivity index (χ1v) is 9.09. The van der Waals surface area contributed by atoms with Gasteiger partial charge in [0.05, 0.1) is 7.11 Å². The van der Waals surface area contributed by atoms with Crippen LogP contribution in [0.5, 0.6) is 5.75 Å². The van der Waals surface area contributed by atoms with E-state index in [-0.39, 0.29) is 5.91 Å². The van der Waals surface area contributed by atoms with Crippen LogP contribution in [0.4, 0.5) is 0 Å². The van der Waals surface area contributed by atoms with Gasteiger partial charge >= 0.3 is 0 Å². The van der Waals surface area contributed by atoms with Crippen molar-refractivity contribution in [3.05, 3.63) is 76.3 Å². The highest BCUT2D eigenvalue weighted by molar-refractivity contribution is 6.30. The van der Waals surface area contributed by atoms with Crippen LogP contribution in [0.1, 0.15) is 17.5 Å². The van der Waals surface area contributed by atoms with E-state index < -0.39 is 0 Å². The van der Waals surface area contributed by atoms with Crippen LogP contribution in [0, 0.1) is 0 Å². The zero-order valence-corrected chi connectivity index (χ0v) is 15.6.